The zero-order chi connectivity index (χ0) is 43.8. The molecule has 2 aliphatic rings. The molecule has 4 aromatic carbocycles. The van der Waals surface area contributed by atoms with Gasteiger partial charge in [-0.25, -0.2) is 9.59 Å². The van der Waals surface area contributed by atoms with Crippen molar-refractivity contribution in [3.05, 3.63) is 120 Å². The zero-order valence-electron chi connectivity index (χ0n) is 35.3. The van der Waals surface area contributed by atoms with Crippen molar-refractivity contribution in [1.29, 1.82) is 0 Å². The Bertz CT molecular complexity index is 1980. The molecular formula is C48H56N6O8. The van der Waals surface area contributed by atoms with Crippen LogP contribution in [0.3, 0.4) is 0 Å². The van der Waals surface area contributed by atoms with Crippen molar-refractivity contribution in [2.24, 2.45) is 0 Å². The lowest BCUT2D eigenvalue weighted by Crippen LogP contribution is -2.48. The summed E-state index contributed by atoms with van der Waals surface area (Å²) >= 11 is 0. The first-order chi connectivity index (χ1) is 30.2. The fourth-order valence-corrected chi connectivity index (χ4v) is 7.68. The fraction of sp³-hybridized carbons (Fsp3) is 0.375. The van der Waals surface area contributed by atoms with Crippen LogP contribution in [-0.2, 0) is 28.7 Å². The highest BCUT2D eigenvalue weighted by atomic mass is 16.6. The van der Waals surface area contributed by atoms with E-state index in [1.54, 1.807) is 72.8 Å². The summed E-state index contributed by atoms with van der Waals surface area (Å²) in [4.78, 5) is 83.4. The number of alkyl carbamates (subject to hydrolysis) is 2. The molecule has 0 aliphatic carbocycles. The lowest BCUT2D eigenvalue weighted by Gasteiger charge is -2.29. The third-order valence-electron chi connectivity index (χ3n) is 11.1. The molecule has 62 heavy (non-hydrogen) atoms. The van der Waals surface area contributed by atoms with E-state index in [-0.39, 0.29) is 36.8 Å². The quantitative estimate of drug-likeness (QED) is 0.0781. The van der Waals surface area contributed by atoms with Gasteiger partial charge in [0.1, 0.15) is 24.2 Å². The zero-order valence-corrected chi connectivity index (χ0v) is 35.3. The number of carbonyl (C=O) groups excluding carboxylic acids is 6. The minimum absolute atomic E-state index is 0.246. The predicted molar refractivity (Wildman–Crippen MR) is 236 cm³/mol. The van der Waals surface area contributed by atoms with Gasteiger partial charge in [0.05, 0.1) is 13.2 Å². The summed E-state index contributed by atoms with van der Waals surface area (Å²) in [5.74, 6) is -1.40. The summed E-state index contributed by atoms with van der Waals surface area (Å²) in [6.07, 6.45) is 4.02. The van der Waals surface area contributed by atoms with Crippen LogP contribution in [-0.4, -0.2) is 84.0 Å². The highest BCUT2D eigenvalue weighted by Gasteiger charge is 2.40. The van der Waals surface area contributed by atoms with Crippen LogP contribution in [0.5, 0.6) is 0 Å². The minimum Gasteiger partial charge on any atom is -0.450 e. The Kier molecular flexibility index (Phi) is 16.1. The summed E-state index contributed by atoms with van der Waals surface area (Å²) in [5.41, 5.74) is 4.07. The van der Waals surface area contributed by atoms with Gasteiger partial charge in [0.25, 0.3) is 11.8 Å². The van der Waals surface area contributed by atoms with Gasteiger partial charge in [0.2, 0.25) is 11.8 Å². The van der Waals surface area contributed by atoms with E-state index in [1.165, 1.54) is 9.80 Å². The average Bonchev–Trinajstić information content (AvgIpc) is 4.00. The van der Waals surface area contributed by atoms with Crippen LogP contribution in [0.4, 0.5) is 21.0 Å². The van der Waals surface area contributed by atoms with Crippen molar-refractivity contribution in [2.75, 3.05) is 36.9 Å². The summed E-state index contributed by atoms with van der Waals surface area (Å²) in [5, 5.41) is 11.4. The molecular weight excluding hydrogens is 789 g/mol. The van der Waals surface area contributed by atoms with E-state index in [0.29, 0.717) is 74.1 Å². The highest BCUT2D eigenvalue weighted by Crippen LogP contribution is 2.29. The van der Waals surface area contributed by atoms with E-state index >= 15 is 0 Å². The third-order valence-corrected chi connectivity index (χ3v) is 11.1. The van der Waals surface area contributed by atoms with Crippen LogP contribution >= 0.6 is 0 Å². The first kappa shape index (κ1) is 44.8. The lowest BCUT2D eigenvalue weighted by molar-refractivity contribution is -0.138. The second kappa shape index (κ2) is 22.2. The number of hydrogen-bond acceptors (Lipinski definition) is 8. The molecule has 14 heteroatoms. The van der Waals surface area contributed by atoms with E-state index in [4.69, 9.17) is 9.47 Å². The first-order valence-electron chi connectivity index (χ1n) is 21.6. The normalized spacial score (nSPS) is 16.7. The fourth-order valence-electron chi connectivity index (χ4n) is 7.68. The molecule has 6 amide bonds. The Morgan fingerprint density at radius 2 is 0.919 bits per heavy atom. The van der Waals surface area contributed by atoms with Crippen LogP contribution in [0.1, 0.15) is 88.4 Å². The Labute approximate surface area is 362 Å². The number of carbonyl (C=O) groups is 6. The van der Waals surface area contributed by atoms with Crippen LogP contribution in [0, 0.1) is 0 Å². The summed E-state index contributed by atoms with van der Waals surface area (Å²) < 4.78 is 10.6. The van der Waals surface area contributed by atoms with Gasteiger partial charge in [-0.15, -0.1) is 0 Å². The van der Waals surface area contributed by atoms with Gasteiger partial charge in [0.15, 0.2) is 0 Å². The molecule has 0 unspecified atom stereocenters. The molecule has 2 fully saturated rings. The van der Waals surface area contributed by atoms with E-state index < -0.39 is 36.4 Å². The Morgan fingerprint density at radius 3 is 1.27 bits per heavy atom. The molecule has 0 spiro atoms. The number of rotatable bonds is 17. The molecule has 0 saturated carbocycles. The second-order valence-corrected chi connectivity index (χ2v) is 15.5. The second-order valence-electron chi connectivity index (χ2n) is 15.5. The van der Waals surface area contributed by atoms with E-state index in [1.807, 2.05) is 50.2 Å². The topological polar surface area (TPSA) is 175 Å². The van der Waals surface area contributed by atoms with Gasteiger partial charge >= 0.3 is 12.2 Å². The van der Waals surface area contributed by atoms with Crippen molar-refractivity contribution in [2.45, 2.75) is 89.4 Å². The van der Waals surface area contributed by atoms with Gasteiger partial charge in [-0.1, -0.05) is 112 Å². The smallest absolute Gasteiger partial charge is 0.408 e. The number of nitrogens with one attached hydrogen (secondary N) is 4. The molecule has 2 aliphatic heterocycles. The maximum Gasteiger partial charge on any atom is 0.408 e. The van der Waals surface area contributed by atoms with Gasteiger partial charge in [-0.05, 0) is 85.0 Å². The summed E-state index contributed by atoms with van der Waals surface area (Å²) in [7, 11) is 0. The number of nitrogens with zero attached hydrogens (tertiary/aromatic N) is 2. The Balaban J connectivity index is 1.05. The minimum atomic E-state index is -1.01. The van der Waals surface area contributed by atoms with Gasteiger partial charge < -0.3 is 40.5 Å². The first-order valence-corrected chi connectivity index (χ1v) is 21.6. The molecule has 14 nitrogen and oxygen atoms in total. The van der Waals surface area contributed by atoms with E-state index in [2.05, 4.69) is 21.3 Å². The number of benzene rings is 4. The predicted octanol–water partition coefficient (Wildman–Crippen LogP) is 7.75. The van der Waals surface area contributed by atoms with E-state index in [9.17, 15) is 28.8 Å². The van der Waals surface area contributed by atoms with Crippen LogP contribution in [0.2, 0.25) is 0 Å². The van der Waals surface area contributed by atoms with Crippen molar-refractivity contribution in [3.63, 3.8) is 0 Å². The molecule has 4 aromatic rings. The number of ether oxygens (including phenoxy) is 2. The number of amides is 6. The van der Waals surface area contributed by atoms with Crippen molar-refractivity contribution >= 4 is 47.2 Å². The number of hydrogen-bond donors (Lipinski definition) is 4. The molecule has 0 aromatic heterocycles. The van der Waals surface area contributed by atoms with Crippen molar-refractivity contribution < 1.29 is 38.2 Å². The SMILES string of the molecule is CCCCOC(=O)N[C@H](C(=O)N1CCC[C@H]1C(=O)Nc1ccc(-c2ccc(NC(=O)[C@@H]3CCCN3C(=O)[C@@H](NC(=O)OCCCC)c3ccccc3)cc2)cc1)c1ccccc1. The molecule has 2 saturated heterocycles. The largest absolute Gasteiger partial charge is 0.450 e. The molecule has 4 N–H and O–H groups in total. The molecule has 0 bridgehead atoms. The van der Waals surface area contributed by atoms with Crippen molar-refractivity contribution in [1.82, 2.24) is 20.4 Å². The number of unbranched alkanes of at least 4 members (excludes halogenated alkanes) is 2. The Morgan fingerprint density at radius 1 is 0.548 bits per heavy atom. The lowest BCUT2D eigenvalue weighted by atomic mass is 10.0. The number of anilines is 2. The van der Waals surface area contributed by atoms with Crippen LogP contribution < -0.4 is 21.3 Å². The van der Waals surface area contributed by atoms with Crippen LogP contribution in [0.15, 0.2) is 109 Å². The van der Waals surface area contributed by atoms with Crippen molar-refractivity contribution in [3.8, 4) is 11.1 Å². The maximum absolute atomic E-state index is 13.9. The standard InChI is InChI=1S/C48H56N6O8/c1-3-5-31-61-47(59)51-41(35-15-9-7-10-16-35)45(57)53-29-13-19-39(53)43(55)49-37-25-21-33(22-26-37)34-23-27-38(28-24-34)50-44(56)40-20-14-30-54(40)46(58)42(36-17-11-8-12-18-36)52-48(60)62-32-6-4-2/h7-12,15-18,21-28,39-42H,3-6,13-14,19-20,29-32H2,1-2H3,(H,49,55)(H,50,56)(H,51,59)(H,52,60)/t39-,40-,41-,42-/m0/s1. The monoisotopic (exact) mass is 844 g/mol. The van der Waals surface area contributed by atoms with Gasteiger partial charge in [-0.3, -0.25) is 19.2 Å². The van der Waals surface area contributed by atoms with Crippen LogP contribution in [0.25, 0.3) is 11.1 Å². The molecule has 0 radical (unpaired) electrons. The highest BCUT2D eigenvalue weighted by molar-refractivity contribution is 6.00. The summed E-state index contributed by atoms with van der Waals surface area (Å²) in [6.45, 7) is 5.23. The molecule has 6 rings (SSSR count). The third kappa shape index (κ3) is 11.8. The molecule has 4 atom stereocenters. The summed E-state index contributed by atoms with van der Waals surface area (Å²) in [6, 6.07) is 29.1. The Hall–Kier alpha value is -6.70. The molecule has 326 valence electrons. The average molecular weight is 845 g/mol. The molecule has 2 heterocycles. The van der Waals surface area contributed by atoms with E-state index in [0.717, 1.165) is 24.0 Å². The van der Waals surface area contributed by atoms with Gasteiger partial charge in [-0.2, -0.15) is 0 Å². The maximum atomic E-state index is 13.9. The number of likely N-dealkylation sites (tertiary alicyclic amines) is 2. The van der Waals surface area contributed by atoms with Gasteiger partial charge in [0, 0.05) is 24.5 Å².